The van der Waals surface area contributed by atoms with Gasteiger partial charge in [0, 0.05) is 18.6 Å². The minimum atomic E-state index is -3.22. The maximum Gasteiger partial charge on any atom is 0.214 e. The maximum atomic E-state index is 12.5. The Morgan fingerprint density at radius 1 is 1.17 bits per heavy atom. The fourth-order valence-electron chi connectivity index (χ4n) is 2.38. The Hall–Kier alpha value is -0.130. The molecule has 5 heteroatoms. The summed E-state index contributed by atoms with van der Waals surface area (Å²) in [6, 6.07) is 0. The average Bonchev–Trinajstić information content (AvgIpc) is 2.29. The van der Waals surface area contributed by atoms with E-state index in [1.54, 1.807) is 4.31 Å². The first kappa shape index (κ1) is 17.9. The van der Waals surface area contributed by atoms with E-state index < -0.39 is 15.6 Å². The third kappa shape index (κ3) is 4.21. The summed E-state index contributed by atoms with van der Waals surface area (Å²) in [5.74, 6) is 0.341. The van der Waals surface area contributed by atoms with Gasteiger partial charge in [0.05, 0.1) is 5.75 Å². The molecular formula is C13H30N2O2S. The van der Waals surface area contributed by atoms with Crippen LogP contribution in [-0.4, -0.2) is 37.1 Å². The molecule has 0 aromatic heterocycles. The monoisotopic (exact) mass is 278 g/mol. The lowest BCUT2D eigenvalue weighted by atomic mass is 9.93. The Morgan fingerprint density at radius 3 is 1.94 bits per heavy atom. The van der Waals surface area contributed by atoms with Crippen molar-refractivity contribution in [1.82, 2.24) is 4.31 Å². The van der Waals surface area contributed by atoms with E-state index in [2.05, 4.69) is 0 Å². The third-order valence-corrected chi connectivity index (χ3v) is 5.86. The summed E-state index contributed by atoms with van der Waals surface area (Å²) >= 11 is 0. The lowest BCUT2D eigenvalue weighted by Crippen LogP contribution is -2.56. The molecule has 0 aliphatic rings. The van der Waals surface area contributed by atoms with Crippen molar-refractivity contribution < 1.29 is 8.42 Å². The van der Waals surface area contributed by atoms with E-state index in [9.17, 15) is 8.42 Å². The SMILES string of the molecule is CCCN(C(CC)(CC)CN)S(=O)(=O)CC(C)C. The quantitative estimate of drug-likeness (QED) is 0.703. The standard InChI is InChI=1S/C13H30N2O2S/c1-6-9-15(13(7-2,8-3)11-14)18(16,17)10-12(4)5/h12H,6-11,14H2,1-5H3. The van der Waals surface area contributed by atoms with E-state index >= 15 is 0 Å². The molecule has 0 atom stereocenters. The molecule has 2 N–H and O–H groups in total. The number of rotatable bonds is 9. The fourth-order valence-corrected chi connectivity index (χ4v) is 4.78. The summed E-state index contributed by atoms with van der Waals surface area (Å²) < 4.78 is 26.7. The first-order valence-corrected chi connectivity index (χ1v) is 8.61. The number of hydrogen-bond acceptors (Lipinski definition) is 3. The lowest BCUT2D eigenvalue weighted by Gasteiger charge is -2.41. The third-order valence-electron chi connectivity index (χ3n) is 3.53. The molecule has 0 fully saturated rings. The Bertz CT molecular complexity index is 314. The van der Waals surface area contributed by atoms with Crippen LogP contribution in [0.4, 0.5) is 0 Å². The number of nitrogens with zero attached hydrogens (tertiary/aromatic N) is 1. The topological polar surface area (TPSA) is 63.4 Å². The molecule has 0 aliphatic carbocycles. The van der Waals surface area contributed by atoms with Crippen molar-refractivity contribution in [3.05, 3.63) is 0 Å². The second-order valence-electron chi connectivity index (χ2n) is 5.38. The highest BCUT2D eigenvalue weighted by atomic mass is 32.2. The molecule has 0 heterocycles. The summed E-state index contributed by atoms with van der Waals surface area (Å²) in [6.07, 6.45) is 2.34. The van der Waals surface area contributed by atoms with Gasteiger partial charge in [-0.3, -0.25) is 0 Å². The molecule has 0 aromatic carbocycles. The Kier molecular flexibility index (Phi) is 7.40. The number of sulfonamides is 1. The van der Waals surface area contributed by atoms with Crippen molar-refractivity contribution in [3.8, 4) is 0 Å². The Morgan fingerprint density at radius 2 is 1.67 bits per heavy atom. The molecule has 0 aromatic rings. The van der Waals surface area contributed by atoms with Crippen LogP contribution < -0.4 is 5.73 Å². The van der Waals surface area contributed by atoms with Gasteiger partial charge in [0.1, 0.15) is 0 Å². The van der Waals surface area contributed by atoms with E-state index in [0.29, 0.717) is 13.1 Å². The molecule has 18 heavy (non-hydrogen) atoms. The summed E-state index contributed by atoms with van der Waals surface area (Å²) in [4.78, 5) is 0. The van der Waals surface area contributed by atoms with Crippen LogP contribution in [0.5, 0.6) is 0 Å². The Labute approximate surface area is 113 Å². The van der Waals surface area contributed by atoms with Gasteiger partial charge in [-0.1, -0.05) is 34.6 Å². The van der Waals surface area contributed by atoms with Crippen LogP contribution in [0.3, 0.4) is 0 Å². The van der Waals surface area contributed by atoms with Crippen LogP contribution in [0.1, 0.15) is 53.9 Å². The molecule has 0 aliphatic heterocycles. The molecular weight excluding hydrogens is 248 g/mol. The van der Waals surface area contributed by atoms with Crippen molar-refractivity contribution in [2.75, 3.05) is 18.8 Å². The highest BCUT2D eigenvalue weighted by molar-refractivity contribution is 7.89. The van der Waals surface area contributed by atoms with Gasteiger partial charge >= 0.3 is 0 Å². The summed E-state index contributed by atoms with van der Waals surface area (Å²) in [7, 11) is -3.22. The van der Waals surface area contributed by atoms with Crippen molar-refractivity contribution in [2.24, 2.45) is 11.7 Å². The molecule has 0 spiro atoms. The van der Waals surface area contributed by atoms with Crippen LogP contribution in [0, 0.1) is 5.92 Å². The first-order valence-electron chi connectivity index (χ1n) is 7.00. The summed E-state index contributed by atoms with van der Waals surface area (Å²) in [5.41, 5.74) is 5.47. The van der Waals surface area contributed by atoms with Crippen LogP contribution in [-0.2, 0) is 10.0 Å². The second-order valence-corrected chi connectivity index (χ2v) is 7.32. The fraction of sp³-hybridized carbons (Fsp3) is 1.00. The smallest absolute Gasteiger partial charge is 0.214 e. The van der Waals surface area contributed by atoms with Crippen LogP contribution in [0.15, 0.2) is 0 Å². The molecule has 4 nitrogen and oxygen atoms in total. The second kappa shape index (κ2) is 7.46. The first-order chi connectivity index (χ1) is 8.29. The van der Waals surface area contributed by atoms with E-state index in [-0.39, 0.29) is 11.7 Å². The predicted octanol–water partition coefficient (Wildman–Crippen LogP) is 2.20. The molecule has 0 bridgehead atoms. The summed E-state index contributed by atoms with van der Waals surface area (Å²) in [6.45, 7) is 10.9. The molecule has 0 saturated heterocycles. The van der Waals surface area contributed by atoms with Crippen molar-refractivity contribution in [2.45, 2.75) is 59.4 Å². The van der Waals surface area contributed by atoms with Gasteiger partial charge in [0.2, 0.25) is 10.0 Å². The molecule has 110 valence electrons. The van der Waals surface area contributed by atoms with Gasteiger partial charge in [-0.25, -0.2) is 8.42 Å². The van der Waals surface area contributed by atoms with Gasteiger partial charge in [0.25, 0.3) is 0 Å². The number of hydrogen-bond donors (Lipinski definition) is 1. The van der Waals surface area contributed by atoms with Crippen LogP contribution in [0.25, 0.3) is 0 Å². The minimum absolute atomic E-state index is 0.138. The molecule has 0 rings (SSSR count). The lowest BCUT2D eigenvalue weighted by molar-refractivity contribution is 0.177. The Balaban J connectivity index is 5.40. The minimum Gasteiger partial charge on any atom is -0.329 e. The molecule has 0 amide bonds. The normalized spacial score (nSPS) is 13.6. The van der Waals surface area contributed by atoms with Gasteiger partial charge in [-0.05, 0) is 25.2 Å². The molecule has 0 radical (unpaired) electrons. The van der Waals surface area contributed by atoms with Crippen LogP contribution >= 0.6 is 0 Å². The zero-order valence-electron chi connectivity index (χ0n) is 12.6. The van der Waals surface area contributed by atoms with Crippen LogP contribution in [0.2, 0.25) is 0 Å². The van der Waals surface area contributed by atoms with Gasteiger partial charge in [-0.2, -0.15) is 4.31 Å². The summed E-state index contributed by atoms with van der Waals surface area (Å²) in [5, 5.41) is 0. The van der Waals surface area contributed by atoms with E-state index in [4.69, 9.17) is 5.73 Å². The number of nitrogens with two attached hydrogens (primary N) is 1. The molecule has 0 saturated carbocycles. The van der Waals surface area contributed by atoms with Crippen molar-refractivity contribution in [3.63, 3.8) is 0 Å². The predicted molar refractivity (Wildman–Crippen MR) is 78.0 cm³/mol. The zero-order valence-corrected chi connectivity index (χ0v) is 13.4. The van der Waals surface area contributed by atoms with Gasteiger partial charge in [0.15, 0.2) is 0 Å². The van der Waals surface area contributed by atoms with Gasteiger partial charge in [-0.15, -0.1) is 0 Å². The maximum absolute atomic E-state index is 12.5. The average molecular weight is 278 g/mol. The highest BCUT2D eigenvalue weighted by Gasteiger charge is 2.39. The van der Waals surface area contributed by atoms with Crippen molar-refractivity contribution >= 4 is 10.0 Å². The van der Waals surface area contributed by atoms with Crippen molar-refractivity contribution in [1.29, 1.82) is 0 Å². The molecule has 0 unspecified atom stereocenters. The highest BCUT2D eigenvalue weighted by Crippen LogP contribution is 2.27. The largest absolute Gasteiger partial charge is 0.329 e. The van der Waals surface area contributed by atoms with E-state index in [0.717, 1.165) is 19.3 Å². The zero-order chi connectivity index (χ0) is 14.4. The van der Waals surface area contributed by atoms with Gasteiger partial charge < -0.3 is 5.73 Å². The van der Waals surface area contributed by atoms with E-state index in [1.807, 2.05) is 34.6 Å². The van der Waals surface area contributed by atoms with E-state index in [1.165, 1.54) is 0 Å².